The van der Waals surface area contributed by atoms with E-state index < -0.39 is 10.0 Å². The molecule has 1 aliphatic rings. The van der Waals surface area contributed by atoms with Gasteiger partial charge in [-0.15, -0.1) is 11.3 Å². The number of rotatable bonds is 6. The van der Waals surface area contributed by atoms with Crippen molar-refractivity contribution in [2.45, 2.75) is 37.1 Å². The number of fused-ring (bicyclic) bond motifs is 1. The second kappa shape index (κ2) is 9.37. The topological polar surface area (TPSA) is 82.3 Å². The molecule has 34 heavy (non-hydrogen) atoms. The van der Waals surface area contributed by atoms with Crippen molar-refractivity contribution in [3.05, 3.63) is 87.7 Å². The van der Waals surface area contributed by atoms with Crippen LogP contribution in [0.15, 0.2) is 70.9 Å². The van der Waals surface area contributed by atoms with E-state index >= 15 is 0 Å². The summed E-state index contributed by atoms with van der Waals surface area (Å²) >= 11 is 1.50. The van der Waals surface area contributed by atoms with E-state index in [0.29, 0.717) is 24.6 Å². The quantitative estimate of drug-likeness (QED) is 0.395. The number of nitrogens with one attached hydrogen (secondary N) is 2. The van der Waals surface area contributed by atoms with Crippen LogP contribution in [0.25, 0.3) is 10.9 Å². The minimum absolute atomic E-state index is 0.110. The van der Waals surface area contributed by atoms with Crippen LogP contribution in [0.4, 0.5) is 0 Å². The lowest BCUT2D eigenvalue weighted by Crippen LogP contribution is -2.38. The van der Waals surface area contributed by atoms with Gasteiger partial charge in [0.05, 0.1) is 4.90 Å². The number of aromatic amines is 1. The third kappa shape index (κ3) is 4.53. The van der Waals surface area contributed by atoms with Crippen molar-refractivity contribution in [2.24, 2.45) is 0 Å². The highest BCUT2D eigenvalue weighted by atomic mass is 32.2. The largest absolute Gasteiger partial charge is 0.358 e. The smallest absolute Gasteiger partial charge is 0.253 e. The molecule has 1 aliphatic heterocycles. The molecular weight excluding hydrogens is 466 g/mol. The van der Waals surface area contributed by atoms with Gasteiger partial charge >= 0.3 is 0 Å². The van der Waals surface area contributed by atoms with Crippen LogP contribution in [-0.4, -0.2) is 37.3 Å². The van der Waals surface area contributed by atoms with Crippen LogP contribution in [-0.2, 0) is 16.6 Å². The molecule has 0 aliphatic carbocycles. The Morgan fingerprint density at radius 1 is 1.09 bits per heavy atom. The van der Waals surface area contributed by atoms with Crippen molar-refractivity contribution in [2.75, 3.05) is 13.1 Å². The molecular formula is C26H27N3O3S2. The molecule has 0 atom stereocenters. The first-order chi connectivity index (χ1) is 16.4. The van der Waals surface area contributed by atoms with Gasteiger partial charge in [-0.2, -0.15) is 0 Å². The Kier molecular flexibility index (Phi) is 6.29. The summed E-state index contributed by atoms with van der Waals surface area (Å²) < 4.78 is 28.1. The second-order valence-electron chi connectivity index (χ2n) is 8.71. The van der Waals surface area contributed by atoms with Crippen molar-refractivity contribution in [3.8, 4) is 0 Å². The second-order valence-corrected chi connectivity index (χ2v) is 11.5. The van der Waals surface area contributed by atoms with E-state index in [9.17, 15) is 13.2 Å². The number of carbonyl (C=O) groups excluding carboxylic acids is 1. The van der Waals surface area contributed by atoms with Crippen LogP contribution in [0.1, 0.15) is 45.3 Å². The third-order valence-electron chi connectivity index (χ3n) is 6.54. The Hall–Kier alpha value is -2.94. The van der Waals surface area contributed by atoms with Gasteiger partial charge in [-0.05, 0) is 67.0 Å². The highest BCUT2D eigenvalue weighted by molar-refractivity contribution is 7.89. The van der Waals surface area contributed by atoms with E-state index in [1.54, 1.807) is 12.1 Å². The molecule has 1 fully saturated rings. The highest BCUT2D eigenvalue weighted by Gasteiger charge is 2.28. The van der Waals surface area contributed by atoms with Gasteiger partial charge in [-0.25, -0.2) is 13.1 Å². The van der Waals surface area contributed by atoms with Crippen LogP contribution in [0.3, 0.4) is 0 Å². The molecule has 0 bridgehead atoms. The van der Waals surface area contributed by atoms with E-state index in [0.717, 1.165) is 23.2 Å². The van der Waals surface area contributed by atoms with Crippen LogP contribution in [0, 0.1) is 6.92 Å². The van der Waals surface area contributed by atoms with Crippen LogP contribution in [0.2, 0.25) is 0 Å². The number of likely N-dealkylation sites (tertiary alicyclic amines) is 1. The molecule has 1 amide bonds. The van der Waals surface area contributed by atoms with E-state index in [4.69, 9.17) is 0 Å². The molecule has 176 valence electrons. The summed E-state index contributed by atoms with van der Waals surface area (Å²) in [6.45, 7) is 3.65. The molecule has 0 spiro atoms. The lowest BCUT2D eigenvalue weighted by atomic mass is 9.87. The average Bonchev–Trinajstić information content (AvgIpc) is 3.49. The Balaban J connectivity index is 1.27. The molecule has 4 aromatic rings. The number of hydrogen-bond acceptors (Lipinski definition) is 4. The van der Waals surface area contributed by atoms with Crippen LogP contribution in [0.5, 0.6) is 0 Å². The van der Waals surface area contributed by atoms with Gasteiger partial charge in [0.25, 0.3) is 5.91 Å². The van der Waals surface area contributed by atoms with Crippen molar-refractivity contribution in [3.63, 3.8) is 0 Å². The fourth-order valence-corrected chi connectivity index (χ4v) is 6.63. The number of H-pyrrole nitrogens is 1. The number of aromatic nitrogens is 1. The molecule has 3 heterocycles. The first kappa shape index (κ1) is 22.8. The number of aryl methyl sites for hydroxylation is 1. The number of sulfonamides is 1. The summed E-state index contributed by atoms with van der Waals surface area (Å²) in [5.41, 5.74) is 4.10. The van der Waals surface area contributed by atoms with Gasteiger partial charge < -0.3 is 9.88 Å². The number of carbonyl (C=O) groups is 1. The zero-order valence-corrected chi connectivity index (χ0v) is 20.6. The average molecular weight is 494 g/mol. The SMILES string of the molecule is Cc1[nH]c2ccccc2c1C1CCN(C(=O)c2cccc(S(=O)(=O)NCc3cccs3)c2)CC1. The number of para-hydroxylation sites is 1. The minimum Gasteiger partial charge on any atom is -0.358 e. The first-order valence-corrected chi connectivity index (χ1v) is 13.8. The lowest BCUT2D eigenvalue weighted by molar-refractivity contribution is 0.0713. The number of amides is 1. The molecule has 2 aromatic heterocycles. The fourth-order valence-electron chi connectivity index (χ4n) is 4.84. The summed E-state index contributed by atoms with van der Waals surface area (Å²) in [7, 11) is -3.70. The number of thiophene rings is 1. The number of hydrogen-bond donors (Lipinski definition) is 2. The van der Waals surface area contributed by atoms with Crippen LogP contribution < -0.4 is 4.72 Å². The summed E-state index contributed by atoms with van der Waals surface area (Å²) in [6, 6.07) is 18.5. The summed E-state index contributed by atoms with van der Waals surface area (Å²) in [5, 5.41) is 3.17. The number of benzene rings is 2. The number of nitrogens with zero attached hydrogens (tertiary/aromatic N) is 1. The molecule has 0 unspecified atom stereocenters. The fraction of sp³-hybridized carbons (Fsp3) is 0.269. The Bertz CT molecular complexity index is 1420. The predicted octanol–water partition coefficient (Wildman–Crippen LogP) is 5.04. The van der Waals surface area contributed by atoms with E-state index in [1.165, 1.54) is 40.1 Å². The van der Waals surface area contributed by atoms with Gasteiger partial charge in [-0.1, -0.05) is 30.3 Å². The summed E-state index contributed by atoms with van der Waals surface area (Å²) in [6.07, 6.45) is 1.77. The maximum atomic E-state index is 13.2. The zero-order valence-electron chi connectivity index (χ0n) is 19.0. The standard InChI is InChI=1S/C26H27N3O3S2/c1-18-25(23-9-2-3-10-24(23)28-18)19-11-13-29(14-12-19)26(30)20-6-4-8-22(16-20)34(31,32)27-17-21-7-5-15-33-21/h2-10,15-16,19,27-28H,11-14,17H2,1H3. The van der Waals surface area contributed by atoms with Gasteiger partial charge in [0.1, 0.15) is 0 Å². The normalized spacial score (nSPS) is 15.1. The van der Waals surface area contributed by atoms with E-state index in [-0.39, 0.29) is 17.3 Å². The van der Waals surface area contributed by atoms with Gasteiger partial charge in [0.2, 0.25) is 10.0 Å². The van der Waals surface area contributed by atoms with E-state index in [2.05, 4.69) is 34.8 Å². The maximum absolute atomic E-state index is 13.2. The molecule has 5 rings (SSSR count). The monoisotopic (exact) mass is 493 g/mol. The third-order valence-corrected chi connectivity index (χ3v) is 8.82. The number of piperidine rings is 1. The molecule has 6 nitrogen and oxygen atoms in total. The Morgan fingerprint density at radius 3 is 2.65 bits per heavy atom. The maximum Gasteiger partial charge on any atom is 0.253 e. The van der Waals surface area contributed by atoms with Gasteiger partial charge in [0, 0.05) is 46.7 Å². The van der Waals surface area contributed by atoms with Crippen molar-refractivity contribution < 1.29 is 13.2 Å². The lowest BCUT2D eigenvalue weighted by Gasteiger charge is -2.32. The summed E-state index contributed by atoms with van der Waals surface area (Å²) in [4.78, 5) is 19.6. The predicted molar refractivity (Wildman–Crippen MR) is 136 cm³/mol. The zero-order chi connectivity index (χ0) is 23.7. The Morgan fingerprint density at radius 2 is 1.88 bits per heavy atom. The molecule has 2 N–H and O–H groups in total. The van der Waals surface area contributed by atoms with Crippen molar-refractivity contribution in [1.29, 1.82) is 0 Å². The highest BCUT2D eigenvalue weighted by Crippen LogP contribution is 2.36. The van der Waals surface area contributed by atoms with Gasteiger partial charge in [-0.3, -0.25) is 4.79 Å². The van der Waals surface area contributed by atoms with Gasteiger partial charge in [0.15, 0.2) is 0 Å². The van der Waals surface area contributed by atoms with Crippen LogP contribution >= 0.6 is 11.3 Å². The van der Waals surface area contributed by atoms with E-state index in [1.807, 2.05) is 28.5 Å². The van der Waals surface area contributed by atoms with Crippen molar-refractivity contribution >= 4 is 38.2 Å². The minimum atomic E-state index is -3.70. The molecule has 0 saturated carbocycles. The molecule has 1 saturated heterocycles. The summed E-state index contributed by atoms with van der Waals surface area (Å²) in [5.74, 6) is 0.276. The molecule has 0 radical (unpaired) electrons. The Labute approximate surface area is 203 Å². The van der Waals surface area contributed by atoms with Crippen molar-refractivity contribution in [1.82, 2.24) is 14.6 Å². The molecule has 2 aromatic carbocycles. The molecule has 8 heteroatoms. The first-order valence-electron chi connectivity index (χ1n) is 11.4.